The second-order valence-electron chi connectivity index (χ2n) is 9.04. The van der Waals surface area contributed by atoms with Gasteiger partial charge < -0.3 is 14.8 Å². The number of carbonyl (C=O) groups is 1. The van der Waals surface area contributed by atoms with Crippen molar-refractivity contribution < 1.29 is 14.3 Å². The predicted molar refractivity (Wildman–Crippen MR) is 130 cm³/mol. The summed E-state index contributed by atoms with van der Waals surface area (Å²) in [4.78, 5) is 29.4. The molecule has 1 saturated heterocycles. The maximum absolute atomic E-state index is 13.5. The molecule has 0 spiro atoms. The van der Waals surface area contributed by atoms with Crippen LogP contribution in [-0.2, 0) is 4.74 Å². The van der Waals surface area contributed by atoms with Crippen LogP contribution in [-0.4, -0.2) is 65.6 Å². The smallest absolute Gasteiger partial charge is 0.253 e. The highest BCUT2D eigenvalue weighted by atomic mass is 16.5. The first-order chi connectivity index (χ1) is 16.6. The summed E-state index contributed by atoms with van der Waals surface area (Å²) in [6.45, 7) is 7.17. The molecule has 0 aromatic carbocycles. The van der Waals surface area contributed by atoms with Crippen molar-refractivity contribution >= 4 is 17.7 Å². The Morgan fingerprint density at radius 1 is 1.24 bits per heavy atom. The van der Waals surface area contributed by atoms with Crippen LogP contribution in [0.5, 0.6) is 5.88 Å². The van der Waals surface area contributed by atoms with E-state index >= 15 is 0 Å². The highest BCUT2D eigenvalue weighted by molar-refractivity contribution is 5.98. The molecule has 2 aromatic heterocycles. The van der Waals surface area contributed by atoms with E-state index in [1.807, 2.05) is 44.5 Å². The Balaban J connectivity index is 1.44. The lowest BCUT2D eigenvalue weighted by Gasteiger charge is -2.45. The number of aliphatic imine (C=N–C) groups is 1. The summed E-state index contributed by atoms with van der Waals surface area (Å²) < 4.78 is 11.1. The highest BCUT2D eigenvalue weighted by Crippen LogP contribution is 2.39. The van der Waals surface area contributed by atoms with Gasteiger partial charge >= 0.3 is 0 Å². The number of hydrogen-bond acceptors (Lipinski definition) is 7. The molecule has 1 aliphatic carbocycles. The van der Waals surface area contributed by atoms with Gasteiger partial charge in [0.15, 0.2) is 0 Å². The molecule has 1 unspecified atom stereocenters. The molecule has 1 saturated carbocycles. The zero-order valence-corrected chi connectivity index (χ0v) is 19.8. The standard InChI is InChI=1S/C26H31N5O3/c1-3-34-24-7-6-21(16-28-24)22-15-26(17-29-18(22)2,31-10-12-33-13-11-31)30-25(32)20-8-9-27-23(14-20)19-4-5-19/h6-9,14,16-17,19H,3-5,10-13,15H2,1-2H3,(H,30,32). The summed E-state index contributed by atoms with van der Waals surface area (Å²) in [6, 6.07) is 7.60. The number of rotatable bonds is 7. The van der Waals surface area contributed by atoms with Crippen molar-refractivity contribution in [2.24, 2.45) is 4.99 Å². The fourth-order valence-corrected chi connectivity index (χ4v) is 4.60. The van der Waals surface area contributed by atoms with E-state index < -0.39 is 5.66 Å². The Bertz CT molecular complexity index is 1100. The fourth-order valence-electron chi connectivity index (χ4n) is 4.60. The Kier molecular flexibility index (Phi) is 6.43. The molecular weight excluding hydrogens is 430 g/mol. The van der Waals surface area contributed by atoms with Gasteiger partial charge in [-0.3, -0.25) is 19.7 Å². The van der Waals surface area contributed by atoms with E-state index in [0.29, 0.717) is 56.7 Å². The molecule has 1 atom stereocenters. The molecule has 3 aliphatic rings. The first kappa shape index (κ1) is 22.7. The Morgan fingerprint density at radius 2 is 2.06 bits per heavy atom. The normalized spacial score (nSPS) is 23.1. The van der Waals surface area contributed by atoms with Crippen LogP contribution in [0, 0.1) is 0 Å². The molecule has 0 radical (unpaired) electrons. The molecule has 8 heteroatoms. The van der Waals surface area contributed by atoms with Crippen molar-refractivity contribution in [1.82, 2.24) is 20.2 Å². The number of ether oxygens (including phenoxy) is 2. The number of morpholine rings is 1. The molecule has 8 nitrogen and oxygen atoms in total. The summed E-state index contributed by atoms with van der Waals surface area (Å²) in [5.41, 5.74) is 3.83. The minimum absolute atomic E-state index is 0.119. The van der Waals surface area contributed by atoms with E-state index in [9.17, 15) is 4.79 Å². The maximum Gasteiger partial charge on any atom is 0.253 e. The van der Waals surface area contributed by atoms with Gasteiger partial charge in [-0.2, -0.15) is 0 Å². The SMILES string of the molecule is CCOc1ccc(C2=C(C)N=CC(NC(=O)c3ccnc(C4CC4)c3)(N3CCOCC3)C2)cn1. The Hall–Kier alpha value is -3.10. The third-order valence-electron chi connectivity index (χ3n) is 6.68. The molecule has 2 aromatic rings. The number of carbonyl (C=O) groups excluding carboxylic acids is 1. The van der Waals surface area contributed by atoms with E-state index in [1.165, 1.54) is 0 Å². The molecular formula is C26H31N5O3. The minimum atomic E-state index is -0.753. The minimum Gasteiger partial charge on any atom is -0.478 e. The lowest BCUT2D eigenvalue weighted by molar-refractivity contribution is -0.00621. The number of allylic oxidation sites excluding steroid dienone is 1. The van der Waals surface area contributed by atoms with E-state index in [4.69, 9.17) is 14.5 Å². The summed E-state index contributed by atoms with van der Waals surface area (Å²) in [5.74, 6) is 0.966. The summed E-state index contributed by atoms with van der Waals surface area (Å²) >= 11 is 0. The number of amides is 1. The quantitative estimate of drug-likeness (QED) is 0.680. The topological polar surface area (TPSA) is 88.9 Å². The molecule has 2 aliphatic heterocycles. The van der Waals surface area contributed by atoms with E-state index in [-0.39, 0.29) is 5.91 Å². The van der Waals surface area contributed by atoms with E-state index in [2.05, 4.69) is 20.2 Å². The van der Waals surface area contributed by atoms with Crippen LogP contribution in [0.2, 0.25) is 0 Å². The van der Waals surface area contributed by atoms with Gasteiger partial charge in [0.2, 0.25) is 5.88 Å². The zero-order valence-electron chi connectivity index (χ0n) is 19.8. The third-order valence-corrected chi connectivity index (χ3v) is 6.68. The van der Waals surface area contributed by atoms with Gasteiger partial charge in [0.25, 0.3) is 5.91 Å². The van der Waals surface area contributed by atoms with Gasteiger partial charge in [-0.1, -0.05) is 0 Å². The van der Waals surface area contributed by atoms with Crippen molar-refractivity contribution in [3.8, 4) is 5.88 Å². The molecule has 1 N–H and O–H groups in total. The van der Waals surface area contributed by atoms with Crippen LogP contribution in [0.4, 0.5) is 0 Å². The van der Waals surface area contributed by atoms with Crippen molar-refractivity contribution in [1.29, 1.82) is 0 Å². The van der Waals surface area contributed by atoms with Crippen LogP contribution < -0.4 is 10.1 Å². The Morgan fingerprint density at radius 3 is 2.76 bits per heavy atom. The first-order valence-corrected chi connectivity index (χ1v) is 12.0. The number of hydrogen-bond donors (Lipinski definition) is 1. The van der Waals surface area contributed by atoms with Crippen LogP contribution in [0.15, 0.2) is 47.3 Å². The molecule has 5 rings (SSSR count). The number of pyridine rings is 2. The molecule has 178 valence electrons. The van der Waals surface area contributed by atoms with Crippen LogP contribution in [0.25, 0.3) is 5.57 Å². The van der Waals surface area contributed by atoms with Crippen LogP contribution in [0.1, 0.15) is 60.6 Å². The highest BCUT2D eigenvalue weighted by Gasteiger charge is 2.41. The van der Waals surface area contributed by atoms with E-state index in [0.717, 1.165) is 35.4 Å². The van der Waals surface area contributed by atoms with Gasteiger partial charge in [0.05, 0.1) is 19.8 Å². The average Bonchev–Trinajstić information content (AvgIpc) is 3.72. The average molecular weight is 462 g/mol. The van der Waals surface area contributed by atoms with Crippen LogP contribution >= 0.6 is 0 Å². The zero-order chi connectivity index (χ0) is 23.5. The fraction of sp³-hybridized carbons (Fsp3) is 0.462. The Labute approximate surface area is 200 Å². The molecule has 2 fully saturated rings. The van der Waals surface area contributed by atoms with E-state index in [1.54, 1.807) is 12.3 Å². The largest absolute Gasteiger partial charge is 0.478 e. The van der Waals surface area contributed by atoms with Crippen molar-refractivity contribution in [2.45, 2.75) is 44.7 Å². The lowest BCUT2D eigenvalue weighted by Crippen LogP contribution is -2.65. The third kappa shape index (κ3) is 4.74. The van der Waals surface area contributed by atoms with Crippen molar-refractivity contribution in [2.75, 3.05) is 32.9 Å². The van der Waals surface area contributed by atoms with Crippen LogP contribution in [0.3, 0.4) is 0 Å². The maximum atomic E-state index is 13.5. The monoisotopic (exact) mass is 461 g/mol. The van der Waals surface area contributed by atoms with Crippen molar-refractivity contribution in [3.05, 3.63) is 59.2 Å². The first-order valence-electron chi connectivity index (χ1n) is 12.0. The van der Waals surface area contributed by atoms with Gasteiger partial charge in [-0.25, -0.2) is 4.98 Å². The van der Waals surface area contributed by atoms with Gasteiger partial charge in [-0.15, -0.1) is 0 Å². The number of nitrogens with one attached hydrogen (secondary N) is 1. The summed E-state index contributed by atoms with van der Waals surface area (Å²) in [6.07, 6.45) is 8.32. The predicted octanol–water partition coefficient (Wildman–Crippen LogP) is 3.42. The molecule has 0 bridgehead atoms. The summed E-state index contributed by atoms with van der Waals surface area (Å²) in [7, 11) is 0. The second-order valence-corrected chi connectivity index (χ2v) is 9.04. The molecule has 34 heavy (non-hydrogen) atoms. The van der Waals surface area contributed by atoms with Crippen molar-refractivity contribution in [3.63, 3.8) is 0 Å². The lowest BCUT2D eigenvalue weighted by atomic mass is 9.90. The van der Waals surface area contributed by atoms with Gasteiger partial charge in [-0.05, 0) is 56.0 Å². The van der Waals surface area contributed by atoms with Gasteiger partial charge in [0, 0.05) is 67.1 Å². The summed E-state index contributed by atoms with van der Waals surface area (Å²) in [5, 5.41) is 3.33. The second kappa shape index (κ2) is 9.64. The number of nitrogens with zero attached hydrogens (tertiary/aromatic N) is 4. The number of aromatic nitrogens is 2. The molecule has 1 amide bonds. The molecule has 4 heterocycles. The van der Waals surface area contributed by atoms with Gasteiger partial charge in [0.1, 0.15) is 5.66 Å².